The van der Waals surface area contributed by atoms with E-state index in [0.717, 1.165) is 29.4 Å². The lowest BCUT2D eigenvalue weighted by Gasteiger charge is -2.27. The van der Waals surface area contributed by atoms with Crippen molar-refractivity contribution in [2.75, 3.05) is 6.54 Å². The molecule has 3 nitrogen and oxygen atoms in total. The number of halogens is 1. The standard InChI is InChI=1S/C10H13BrN2O/c11-8-4-5-10(14)13-7(6-12)2-1-3-9(8)13/h4-5,7H,1-3,6,12H2. The van der Waals surface area contributed by atoms with E-state index in [1.54, 1.807) is 6.07 Å². The first-order valence-corrected chi connectivity index (χ1v) is 5.63. The Kier molecular flexibility index (Phi) is 2.74. The van der Waals surface area contributed by atoms with Gasteiger partial charge in [0.15, 0.2) is 0 Å². The van der Waals surface area contributed by atoms with Gasteiger partial charge in [-0.15, -0.1) is 0 Å². The molecule has 76 valence electrons. The van der Waals surface area contributed by atoms with Crippen molar-refractivity contribution in [2.45, 2.75) is 25.3 Å². The summed E-state index contributed by atoms with van der Waals surface area (Å²) in [6.45, 7) is 0.545. The molecule has 0 bridgehead atoms. The van der Waals surface area contributed by atoms with E-state index < -0.39 is 0 Å². The van der Waals surface area contributed by atoms with Crippen LogP contribution < -0.4 is 11.3 Å². The molecule has 1 aromatic rings. The van der Waals surface area contributed by atoms with Crippen LogP contribution in [0.5, 0.6) is 0 Å². The van der Waals surface area contributed by atoms with Crippen molar-refractivity contribution in [3.8, 4) is 0 Å². The van der Waals surface area contributed by atoms with Gasteiger partial charge in [-0.25, -0.2) is 0 Å². The fourth-order valence-electron chi connectivity index (χ4n) is 2.07. The van der Waals surface area contributed by atoms with Crippen molar-refractivity contribution in [3.05, 3.63) is 32.7 Å². The fraction of sp³-hybridized carbons (Fsp3) is 0.500. The summed E-state index contributed by atoms with van der Waals surface area (Å²) in [5.41, 5.74) is 6.83. The summed E-state index contributed by atoms with van der Waals surface area (Å²) in [5, 5.41) is 0. The minimum Gasteiger partial charge on any atom is -0.328 e. The Morgan fingerprint density at radius 2 is 2.36 bits per heavy atom. The third kappa shape index (κ3) is 1.53. The lowest BCUT2D eigenvalue weighted by Crippen LogP contribution is -2.34. The van der Waals surface area contributed by atoms with Crippen LogP contribution in [-0.2, 0) is 6.42 Å². The average molecular weight is 257 g/mol. The topological polar surface area (TPSA) is 48.0 Å². The highest BCUT2D eigenvalue weighted by molar-refractivity contribution is 9.10. The molecule has 2 N–H and O–H groups in total. The van der Waals surface area contributed by atoms with Gasteiger partial charge in [0.25, 0.3) is 5.56 Å². The molecule has 0 amide bonds. The number of rotatable bonds is 1. The second-order valence-corrected chi connectivity index (χ2v) is 4.47. The van der Waals surface area contributed by atoms with Gasteiger partial charge >= 0.3 is 0 Å². The first-order valence-electron chi connectivity index (χ1n) is 4.84. The molecular formula is C10H13BrN2O. The Morgan fingerprint density at radius 1 is 1.57 bits per heavy atom. The van der Waals surface area contributed by atoms with E-state index in [0.29, 0.717) is 6.54 Å². The van der Waals surface area contributed by atoms with E-state index in [9.17, 15) is 4.79 Å². The van der Waals surface area contributed by atoms with Gasteiger partial charge in [0.1, 0.15) is 0 Å². The van der Waals surface area contributed by atoms with Crippen LogP contribution in [0.15, 0.2) is 21.4 Å². The molecule has 0 radical (unpaired) electrons. The van der Waals surface area contributed by atoms with Crippen molar-refractivity contribution in [1.29, 1.82) is 0 Å². The molecule has 0 aromatic carbocycles. The molecule has 0 fully saturated rings. The van der Waals surface area contributed by atoms with Crippen LogP contribution in [0.1, 0.15) is 24.6 Å². The molecule has 0 spiro atoms. The maximum Gasteiger partial charge on any atom is 0.251 e. The number of hydrogen-bond donors (Lipinski definition) is 1. The van der Waals surface area contributed by atoms with Gasteiger partial charge in [-0.05, 0) is 41.3 Å². The van der Waals surface area contributed by atoms with Crippen LogP contribution in [0.3, 0.4) is 0 Å². The molecule has 1 aliphatic rings. The Balaban J connectivity index is 2.61. The average Bonchev–Trinajstić information content (AvgIpc) is 2.23. The first-order chi connectivity index (χ1) is 6.74. The molecule has 1 aromatic heterocycles. The summed E-state index contributed by atoms with van der Waals surface area (Å²) >= 11 is 3.47. The van der Waals surface area contributed by atoms with Crippen LogP contribution in [0.4, 0.5) is 0 Å². The van der Waals surface area contributed by atoms with Crippen molar-refractivity contribution < 1.29 is 0 Å². The predicted octanol–water partition coefficient (Wildman–Crippen LogP) is 1.45. The molecule has 1 aliphatic heterocycles. The third-order valence-electron chi connectivity index (χ3n) is 2.76. The molecule has 0 saturated heterocycles. The van der Waals surface area contributed by atoms with Gasteiger partial charge in [0.2, 0.25) is 0 Å². The van der Waals surface area contributed by atoms with E-state index >= 15 is 0 Å². The van der Waals surface area contributed by atoms with Crippen molar-refractivity contribution in [3.63, 3.8) is 0 Å². The monoisotopic (exact) mass is 256 g/mol. The van der Waals surface area contributed by atoms with E-state index in [1.165, 1.54) is 0 Å². The van der Waals surface area contributed by atoms with E-state index in [4.69, 9.17) is 5.73 Å². The molecule has 0 saturated carbocycles. The third-order valence-corrected chi connectivity index (χ3v) is 3.49. The summed E-state index contributed by atoms with van der Waals surface area (Å²) in [4.78, 5) is 11.7. The Labute approximate surface area is 91.0 Å². The van der Waals surface area contributed by atoms with Gasteiger partial charge in [-0.1, -0.05) is 0 Å². The molecule has 1 atom stereocenters. The van der Waals surface area contributed by atoms with Crippen LogP contribution in [0.2, 0.25) is 0 Å². The zero-order valence-electron chi connectivity index (χ0n) is 7.87. The zero-order valence-corrected chi connectivity index (χ0v) is 9.46. The van der Waals surface area contributed by atoms with Crippen LogP contribution >= 0.6 is 15.9 Å². The molecular weight excluding hydrogens is 244 g/mol. The van der Waals surface area contributed by atoms with Gasteiger partial charge in [-0.2, -0.15) is 0 Å². The first kappa shape index (κ1) is 9.93. The van der Waals surface area contributed by atoms with E-state index in [-0.39, 0.29) is 11.6 Å². The molecule has 14 heavy (non-hydrogen) atoms. The SMILES string of the molecule is NCC1CCCc2c(Br)ccc(=O)n21. The number of nitrogens with zero attached hydrogens (tertiary/aromatic N) is 1. The maximum atomic E-state index is 11.7. The van der Waals surface area contributed by atoms with Gasteiger partial charge in [-0.3, -0.25) is 4.79 Å². The number of hydrogen-bond acceptors (Lipinski definition) is 2. The van der Waals surface area contributed by atoms with E-state index in [1.807, 2.05) is 10.6 Å². The van der Waals surface area contributed by atoms with Crippen LogP contribution in [0, 0.1) is 0 Å². The summed E-state index contributed by atoms with van der Waals surface area (Å²) in [7, 11) is 0. The van der Waals surface area contributed by atoms with Gasteiger partial charge in [0.05, 0.1) is 0 Å². The smallest absolute Gasteiger partial charge is 0.251 e. The summed E-state index contributed by atoms with van der Waals surface area (Å²) in [6.07, 6.45) is 3.09. The highest BCUT2D eigenvalue weighted by atomic mass is 79.9. The number of aromatic nitrogens is 1. The maximum absolute atomic E-state index is 11.7. The Hall–Kier alpha value is -0.610. The summed E-state index contributed by atoms with van der Waals surface area (Å²) in [6, 6.07) is 3.61. The molecule has 0 aliphatic carbocycles. The number of fused-ring (bicyclic) bond motifs is 1. The van der Waals surface area contributed by atoms with Crippen molar-refractivity contribution in [1.82, 2.24) is 4.57 Å². The minimum absolute atomic E-state index is 0.0679. The normalized spacial score (nSPS) is 20.6. The molecule has 2 rings (SSSR count). The predicted molar refractivity (Wildman–Crippen MR) is 59.4 cm³/mol. The number of nitrogens with two attached hydrogens (primary N) is 1. The second-order valence-electron chi connectivity index (χ2n) is 3.62. The Bertz CT molecular complexity index is 400. The Morgan fingerprint density at radius 3 is 3.07 bits per heavy atom. The van der Waals surface area contributed by atoms with Crippen LogP contribution in [-0.4, -0.2) is 11.1 Å². The van der Waals surface area contributed by atoms with Crippen molar-refractivity contribution >= 4 is 15.9 Å². The van der Waals surface area contributed by atoms with Gasteiger partial charge in [0, 0.05) is 28.8 Å². The van der Waals surface area contributed by atoms with Crippen molar-refractivity contribution in [2.24, 2.45) is 5.73 Å². The highest BCUT2D eigenvalue weighted by Gasteiger charge is 2.20. The zero-order chi connectivity index (χ0) is 10.1. The lowest BCUT2D eigenvalue weighted by molar-refractivity contribution is 0.394. The lowest BCUT2D eigenvalue weighted by atomic mass is 10.0. The van der Waals surface area contributed by atoms with Gasteiger partial charge < -0.3 is 10.3 Å². The van der Waals surface area contributed by atoms with Crippen LogP contribution in [0.25, 0.3) is 0 Å². The second kappa shape index (κ2) is 3.87. The summed E-state index contributed by atoms with van der Waals surface area (Å²) in [5.74, 6) is 0. The molecule has 2 heterocycles. The fourth-order valence-corrected chi connectivity index (χ4v) is 2.59. The minimum atomic E-state index is 0.0679. The largest absolute Gasteiger partial charge is 0.328 e. The molecule has 4 heteroatoms. The summed E-state index contributed by atoms with van der Waals surface area (Å²) < 4.78 is 2.86. The highest BCUT2D eigenvalue weighted by Crippen LogP contribution is 2.26. The number of pyridine rings is 1. The van der Waals surface area contributed by atoms with E-state index in [2.05, 4.69) is 15.9 Å². The quantitative estimate of drug-likeness (QED) is 0.827. The molecule has 1 unspecified atom stereocenters.